The Morgan fingerprint density at radius 2 is 2.00 bits per heavy atom. The van der Waals surface area contributed by atoms with Crippen LogP contribution in [0.1, 0.15) is 35.1 Å². The average Bonchev–Trinajstić information content (AvgIpc) is 3.17. The van der Waals surface area contributed by atoms with E-state index in [4.69, 9.17) is 0 Å². The summed E-state index contributed by atoms with van der Waals surface area (Å²) >= 11 is 1.18. The highest BCUT2D eigenvalue weighted by atomic mass is 32.1. The number of anilines is 3. The number of benzene rings is 1. The van der Waals surface area contributed by atoms with Crippen molar-refractivity contribution in [2.75, 3.05) is 23.3 Å². The van der Waals surface area contributed by atoms with E-state index in [-0.39, 0.29) is 0 Å². The summed E-state index contributed by atoms with van der Waals surface area (Å²) in [6, 6.07) is 8.22. The van der Waals surface area contributed by atoms with Gasteiger partial charge in [-0.3, -0.25) is 0 Å². The van der Waals surface area contributed by atoms with Gasteiger partial charge in [-0.15, -0.1) is 0 Å². The molecule has 0 atom stereocenters. The van der Waals surface area contributed by atoms with Gasteiger partial charge >= 0.3 is 5.97 Å². The van der Waals surface area contributed by atoms with Crippen molar-refractivity contribution >= 4 is 33.8 Å². The van der Waals surface area contributed by atoms with Crippen LogP contribution in [0, 0.1) is 0 Å². The van der Waals surface area contributed by atoms with Gasteiger partial charge < -0.3 is 15.3 Å². The SMILES string of the molecule is CCc1nc(Nc2ccc(N3CCCC3)cc2)sc1C(=O)O. The van der Waals surface area contributed by atoms with E-state index in [1.807, 2.05) is 19.1 Å². The molecule has 1 fully saturated rings. The van der Waals surface area contributed by atoms with Gasteiger partial charge in [0.1, 0.15) is 4.88 Å². The fourth-order valence-corrected chi connectivity index (χ4v) is 3.58. The smallest absolute Gasteiger partial charge is 0.347 e. The topological polar surface area (TPSA) is 65.5 Å². The van der Waals surface area contributed by atoms with Gasteiger partial charge in [-0.1, -0.05) is 18.3 Å². The van der Waals surface area contributed by atoms with Gasteiger partial charge in [-0.05, 0) is 43.5 Å². The lowest BCUT2D eigenvalue weighted by molar-refractivity contribution is 0.0701. The van der Waals surface area contributed by atoms with E-state index >= 15 is 0 Å². The highest BCUT2D eigenvalue weighted by molar-refractivity contribution is 7.17. The largest absolute Gasteiger partial charge is 0.477 e. The molecule has 0 bridgehead atoms. The lowest BCUT2D eigenvalue weighted by atomic mass is 10.2. The molecular formula is C16H19N3O2S. The minimum Gasteiger partial charge on any atom is -0.477 e. The number of hydrogen-bond acceptors (Lipinski definition) is 5. The zero-order chi connectivity index (χ0) is 15.5. The molecule has 2 N–H and O–H groups in total. The second-order valence-electron chi connectivity index (χ2n) is 5.32. The highest BCUT2D eigenvalue weighted by Crippen LogP contribution is 2.28. The van der Waals surface area contributed by atoms with Crippen LogP contribution < -0.4 is 10.2 Å². The van der Waals surface area contributed by atoms with Crippen molar-refractivity contribution < 1.29 is 9.90 Å². The van der Waals surface area contributed by atoms with Gasteiger partial charge in [0, 0.05) is 24.5 Å². The summed E-state index contributed by atoms with van der Waals surface area (Å²) in [6.45, 7) is 4.16. The molecule has 22 heavy (non-hydrogen) atoms. The number of carbonyl (C=O) groups is 1. The second kappa shape index (κ2) is 6.36. The van der Waals surface area contributed by atoms with E-state index < -0.39 is 5.97 Å². The molecule has 0 amide bonds. The normalized spacial score (nSPS) is 14.3. The number of nitrogens with one attached hydrogen (secondary N) is 1. The molecule has 116 valence electrons. The molecule has 0 unspecified atom stereocenters. The van der Waals surface area contributed by atoms with E-state index in [2.05, 4.69) is 27.3 Å². The summed E-state index contributed by atoms with van der Waals surface area (Å²) in [7, 11) is 0. The van der Waals surface area contributed by atoms with Crippen molar-refractivity contribution in [3.8, 4) is 0 Å². The van der Waals surface area contributed by atoms with Crippen LogP contribution in [-0.2, 0) is 6.42 Å². The van der Waals surface area contributed by atoms with Crippen molar-refractivity contribution in [3.63, 3.8) is 0 Å². The molecule has 1 saturated heterocycles. The van der Waals surface area contributed by atoms with Crippen LogP contribution >= 0.6 is 11.3 Å². The Labute approximate surface area is 133 Å². The van der Waals surface area contributed by atoms with Gasteiger partial charge in [0.2, 0.25) is 0 Å². The first kappa shape index (κ1) is 14.8. The molecule has 2 heterocycles. The Balaban J connectivity index is 1.74. The predicted molar refractivity (Wildman–Crippen MR) is 89.6 cm³/mol. The number of nitrogens with zero attached hydrogens (tertiary/aromatic N) is 2. The third-order valence-corrected chi connectivity index (χ3v) is 4.82. The summed E-state index contributed by atoms with van der Waals surface area (Å²) in [5.74, 6) is -0.910. The van der Waals surface area contributed by atoms with Crippen molar-refractivity contribution in [1.29, 1.82) is 0 Å². The second-order valence-corrected chi connectivity index (χ2v) is 6.32. The molecule has 3 rings (SSSR count). The van der Waals surface area contributed by atoms with Gasteiger partial charge in [-0.25, -0.2) is 9.78 Å². The first-order valence-corrected chi connectivity index (χ1v) is 8.34. The molecule has 1 aliphatic heterocycles. The number of aromatic carboxylic acids is 1. The summed E-state index contributed by atoms with van der Waals surface area (Å²) in [5.41, 5.74) is 2.80. The molecule has 1 aliphatic rings. The van der Waals surface area contributed by atoms with E-state index in [1.165, 1.54) is 29.9 Å². The number of aryl methyl sites for hydroxylation is 1. The molecule has 5 nitrogen and oxygen atoms in total. The Bertz CT molecular complexity index is 661. The zero-order valence-electron chi connectivity index (χ0n) is 12.5. The van der Waals surface area contributed by atoms with Crippen LogP contribution in [-0.4, -0.2) is 29.1 Å². The molecule has 1 aromatic heterocycles. The Hall–Kier alpha value is -2.08. The molecule has 0 aliphatic carbocycles. The van der Waals surface area contributed by atoms with Crippen LogP contribution in [0.3, 0.4) is 0 Å². The van der Waals surface area contributed by atoms with E-state index in [0.29, 0.717) is 22.1 Å². The predicted octanol–water partition coefficient (Wildman–Crippen LogP) is 3.75. The number of carboxylic acids is 1. The Morgan fingerprint density at radius 1 is 1.32 bits per heavy atom. The third kappa shape index (κ3) is 3.06. The Kier molecular flexibility index (Phi) is 4.29. The summed E-state index contributed by atoms with van der Waals surface area (Å²) < 4.78 is 0. The summed E-state index contributed by atoms with van der Waals surface area (Å²) in [6.07, 6.45) is 3.14. The fourth-order valence-electron chi connectivity index (χ4n) is 2.67. The quantitative estimate of drug-likeness (QED) is 0.879. The van der Waals surface area contributed by atoms with Crippen LogP contribution in [0.25, 0.3) is 0 Å². The fraction of sp³-hybridized carbons (Fsp3) is 0.375. The summed E-state index contributed by atoms with van der Waals surface area (Å²) in [5, 5.41) is 13.0. The van der Waals surface area contributed by atoms with E-state index in [9.17, 15) is 9.90 Å². The van der Waals surface area contributed by atoms with Crippen molar-refractivity contribution in [2.45, 2.75) is 26.2 Å². The molecule has 1 aromatic carbocycles. The zero-order valence-corrected chi connectivity index (χ0v) is 13.3. The number of aromatic nitrogens is 1. The van der Waals surface area contributed by atoms with Gasteiger partial charge in [0.25, 0.3) is 0 Å². The summed E-state index contributed by atoms with van der Waals surface area (Å²) in [4.78, 5) is 18.2. The van der Waals surface area contributed by atoms with Gasteiger partial charge in [-0.2, -0.15) is 0 Å². The number of rotatable bonds is 5. The van der Waals surface area contributed by atoms with Gasteiger partial charge in [0.15, 0.2) is 5.13 Å². The van der Waals surface area contributed by atoms with Crippen LogP contribution in [0.15, 0.2) is 24.3 Å². The maximum atomic E-state index is 11.2. The average molecular weight is 317 g/mol. The first-order chi connectivity index (χ1) is 10.7. The van der Waals surface area contributed by atoms with Crippen molar-refractivity contribution in [1.82, 2.24) is 4.98 Å². The number of carboxylic acid groups (broad SMARTS) is 1. The van der Waals surface area contributed by atoms with Crippen LogP contribution in [0.4, 0.5) is 16.5 Å². The van der Waals surface area contributed by atoms with E-state index in [1.54, 1.807) is 0 Å². The third-order valence-electron chi connectivity index (χ3n) is 3.82. The first-order valence-electron chi connectivity index (χ1n) is 7.52. The molecular weight excluding hydrogens is 298 g/mol. The lowest BCUT2D eigenvalue weighted by Crippen LogP contribution is -2.17. The molecule has 0 radical (unpaired) electrons. The number of hydrogen-bond donors (Lipinski definition) is 2. The number of thiazole rings is 1. The highest BCUT2D eigenvalue weighted by Gasteiger charge is 2.16. The lowest BCUT2D eigenvalue weighted by Gasteiger charge is -2.17. The maximum absolute atomic E-state index is 11.2. The maximum Gasteiger partial charge on any atom is 0.347 e. The molecule has 2 aromatic rings. The minimum absolute atomic E-state index is 0.318. The standard InChI is InChI=1S/C16H19N3O2S/c1-2-13-14(15(20)21)22-16(18-13)17-11-5-7-12(8-6-11)19-9-3-4-10-19/h5-8H,2-4,9-10H2,1H3,(H,17,18)(H,20,21). The van der Waals surface area contributed by atoms with E-state index in [0.717, 1.165) is 18.8 Å². The van der Waals surface area contributed by atoms with Crippen molar-refractivity contribution in [3.05, 3.63) is 34.8 Å². The van der Waals surface area contributed by atoms with Crippen molar-refractivity contribution in [2.24, 2.45) is 0 Å². The monoisotopic (exact) mass is 317 g/mol. The minimum atomic E-state index is -0.910. The molecule has 6 heteroatoms. The van der Waals surface area contributed by atoms with Crippen LogP contribution in [0.5, 0.6) is 0 Å². The molecule has 0 saturated carbocycles. The Morgan fingerprint density at radius 3 is 2.55 bits per heavy atom. The van der Waals surface area contributed by atoms with Gasteiger partial charge in [0.05, 0.1) is 5.69 Å². The van der Waals surface area contributed by atoms with Crippen LogP contribution in [0.2, 0.25) is 0 Å². The molecule has 0 spiro atoms.